The number of hydrogen-bond acceptors (Lipinski definition) is 6. The van der Waals surface area contributed by atoms with Crippen LogP contribution in [-0.2, 0) is 14.6 Å². The molecule has 29 heavy (non-hydrogen) atoms. The highest BCUT2D eigenvalue weighted by Crippen LogP contribution is 2.34. The summed E-state index contributed by atoms with van der Waals surface area (Å²) in [6, 6.07) is 12.1. The molecule has 2 aliphatic rings. The summed E-state index contributed by atoms with van der Waals surface area (Å²) in [5.41, 5.74) is 1.08. The van der Waals surface area contributed by atoms with Crippen LogP contribution in [0.5, 0.6) is 5.75 Å². The van der Waals surface area contributed by atoms with Crippen LogP contribution in [0.3, 0.4) is 0 Å². The fourth-order valence-electron chi connectivity index (χ4n) is 4.18. The molecule has 156 valence electrons. The summed E-state index contributed by atoms with van der Waals surface area (Å²) in [5, 5.41) is 2.04. The number of carbonyl (C=O) groups excluding carboxylic acids is 1. The Morgan fingerprint density at radius 3 is 2.62 bits per heavy atom. The highest BCUT2D eigenvalue weighted by Gasteiger charge is 2.37. The number of carbonyl (C=O) groups is 1. The topological polar surface area (TPSA) is 66.9 Å². The third-order valence-corrected chi connectivity index (χ3v) is 8.55. The molecule has 1 amide bonds. The minimum Gasteiger partial charge on any atom is -0.497 e. The fourth-order valence-corrected chi connectivity index (χ4v) is 6.51. The van der Waals surface area contributed by atoms with Gasteiger partial charge in [0.1, 0.15) is 15.6 Å². The molecule has 2 fully saturated rings. The molecule has 0 radical (unpaired) electrons. The first kappa shape index (κ1) is 20.2. The van der Waals surface area contributed by atoms with Crippen molar-refractivity contribution < 1.29 is 17.9 Å². The zero-order chi connectivity index (χ0) is 20.4. The summed E-state index contributed by atoms with van der Waals surface area (Å²) >= 11 is 1.66. The third kappa shape index (κ3) is 4.43. The molecule has 0 aliphatic carbocycles. The van der Waals surface area contributed by atoms with Crippen molar-refractivity contribution in [1.82, 2.24) is 4.90 Å². The lowest BCUT2D eigenvalue weighted by atomic mass is 9.98. The first-order valence-electron chi connectivity index (χ1n) is 9.90. The summed E-state index contributed by atoms with van der Waals surface area (Å²) in [7, 11) is -1.32. The standard InChI is InChI=1S/C21H26N2O4S2/c1-27-18-5-2-4-17(14-18)22-9-10-23(19(15-22)20-6-3-11-28-20)21(24)16-7-12-29(25,26)13-8-16/h2-6,11,14,16,19H,7-10,12-13,15H2,1H3. The number of amides is 1. The summed E-state index contributed by atoms with van der Waals surface area (Å²) in [5.74, 6) is 0.971. The molecule has 2 aliphatic heterocycles. The Morgan fingerprint density at radius 2 is 1.93 bits per heavy atom. The molecule has 2 saturated heterocycles. The largest absolute Gasteiger partial charge is 0.497 e. The molecule has 0 N–H and O–H groups in total. The Balaban J connectivity index is 1.55. The SMILES string of the molecule is COc1cccc(N2CCN(C(=O)C3CCS(=O)(=O)CC3)C(c3cccs3)C2)c1. The van der Waals surface area contributed by atoms with Crippen LogP contribution >= 0.6 is 11.3 Å². The first-order chi connectivity index (χ1) is 14.0. The second kappa shape index (κ2) is 8.36. The van der Waals surface area contributed by atoms with Crippen molar-refractivity contribution in [3.63, 3.8) is 0 Å². The Labute approximate surface area is 176 Å². The van der Waals surface area contributed by atoms with Crippen LogP contribution in [0.1, 0.15) is 23.8 Å². The highest BCUT2D eigenvalue weighted by molar-refractivity contribution is 7.91. The predicted molar refractivity (Wildman–Crippen MR) is 115 cm³/mol. The molecule has 0 saturated carbocycles. The number of thiophene rings is 1. The maximum Gasteiger partial charge on any atom is 0.226 e. The Hall–Kier alpha value is -2.06. The summed E-state index contributed by atoms with van der Waals surface area (Å²) in [6.07, 6.45) is 0.878. The quantitative estimate of drug-likeness (QED) is 0.740. The zero-order valence-electron chi connectivity index (χ0n) is 16.5. The van der Waals surface area contributed by atoms with Crippen molar-refractivity contribution in [3.05, 3.63) is 46.7 Å². The molecule has 0 bridgehead atoms. The van der Waals surface area contributed by atoms with Crippen LogP contribution in [0.15, 0.2) is 41.8 Å². The van der Waals surface area contributed by atoms with E-state index in [0.717, 1.165) is 22.9 Å². The van der Waals surface area contributed by atoms with Gasteiger partial charge in [-0.3, -0.25) is 4.79 Å². The number of rotatable bonds is 4. The molecule has 1 aromatic carbocycles. The highest BCUT2D eigenvalue weighted by atomic mass is 32.2. The number of nitrogens with zero attached hydrogens (tertiary/aromatic N) is 2. The molecule has 0 spiro atoms. The molecule has 4 rings (SSSR count). The first-order valence-corrected chi connectivity index (χ1v) is 12.6. The van der Waals surface area contributed by atoms with Gasteiger partial charge in [-0.15, -0.1) is 11.3 Å². The second-order valence-electron chi connectivity index (χ2n) is 7.64. The Morgan fingerprint density at radius 1 is 1.14 bits per heavy atom. The lowest BCUT2D eigenvalue weighted by molar-refractivity contribution is -0.138. The number of methoxy groups -OCH3 is 1. The van der Waals surface area contributed by atoms with Crippen molar-refractivity contribution in [2.75, 3.05) is 43.1 Å². The molecule has 2 aromatic rings. The minimum absolute atomic E-state index is 0.0269. The number of ether oxygens (including phenoxy) is 1. The zero-order valence-corrected chi connectivity index (χ0v) is 18.1. The lowest BCUT2D eigenvalue weighted by Crippen LogP contribution is -2.52. The van der Waals surface area contributed by atoms with E-state index in [1.54, 1.807) is 18.4 Å². The van der Waals surface area contributed by atoms with E-state index in [-0.39, 0.29) is 29.4 Å². The lowest BCUT2D eigenvalue weighted by Gasteiger charge is -2.43. The number of hydrogen-bond donors (Lipinski definition) is 0. The second-order valence-corrected chi connectivity index (χ2v) is 10.9. The van der Waals surface area contributed by atoms with Crippen molar-refractivity contribution in [3.8, 4) is 5.75 Å². The van der Waals surface area contributed by atoms with E-state index in [4.69, 9.17) is 4.74 Å². The van der Waals surface area contributed by atoms with Gasteiger partial charge in [-0.1, -0.05) is 12.1 Å². The summed E-state index contributed by atoms with van der Waals surface area (Å²) < 4.78 is 28.9. The summed E-state index contributed by atoms with van der Waals surface area (Å²) in [6.45, 7) is 2.08. The van der Waals surface area contributed by atoms with Crippen LogP contribution in [0.4, 0.5) is 5.69 Å². The molecule has 3 heterocycles. The van der Waals surface area contributed by atoms with Gasteiger partial charge in [-0.2, -0.15) is 0 Å². The average molecular weight is 435 g/mol. The number of benzene rings is 1. The number of anilines is 1. The van der Waals surface area contributed by atoms with Gasteiger partial charge in [0, 0.05) is 42.2 Å². The van der Waals surface area contributed by atoms with E-state index in [9.17, 15) is 13.2 Å². The molecule has 6 nitrogen and oxygen atoms in total. The number of piperazine rings is 1. The maximum atomic E-state index is 13.3. The molecule has 1 unspecified atom stereocenters. The smallest absolute Gasteiger partial charge is 0.226 e. The molecule has 1 aromatic heterocycles. The van der Waals surface area contributed by atoms with Gasteiger partial charge >= 0.3 is 0 Å². The average Bonchev–Trinajstić information content (AvgIpc) is 3.28. The van der Waals surface area contributed by atoms with E-state index in [1.807, 2.05) is 34.5 Å². The van der Waals surface area contributed by atoms with E-state index >= 15 is 0 Å². The van der Waals surface area contributed by atoms with E-state index < -0.39 is 9.84 Å². The van der Waals surface area contributed by atoms with Crippen molar-refractivity contribution in [2.45, 2.75) is 18.9 Å². The maximum absolute atomic E-state index is 13.3. The monoisotopic (exact) mass is 434 g/mol. The summed E-state index contributed by atoms with van der Waals surface area (Å²) in [4.78, 5) is 18.7. The van der Waals surface area contributed by atoms with E-state index in [2.05, 4.69) is 17.0 Å². The molecule has 1 atom stereocenters. The minimum atomic E-state index is -2.98. The predicted octanol–water partition coefficient (Wildman–Crippen LogP) is 2.97. The normalized spacial score (nSPS) is 22.4. The molecular formula is C21H26N2O4S2. The van der Waals surface area contributed by atoms with E-state index in [1.165, 1.54) is 0 Å². The fraction of sp³-hybridized carbons (Fsp3) is 0.476. The van der Waals surface area contributed by atoms with Crippen LogP contribution in [0.25, 0.3) is 0 Å². The van der Waals surface area contributed by atoms with Gasteiger partial charge in [0.05, 0.1) is 24.7 Å². The van der Waals surface area contributed by atoms with Crippen LogP contribution in [0, 0.1) is 5.92 Å². The van der Waals surface area contributed by atoms with E-state index in [0.29, 0.717) is 25.9 Å². The number of sulfone groups is 1. The van der Waals surface area contributed by atoms with Crippen molar-refractivity contribution >= 4 is 32.8 Å². The van der Waals surface area contributed by atoms with Crippen LogP contribution in [0.2, 0.25) is 0 Å². The van der Waals surface area contributed by atoms with Gasteiger partial charge in [-0.25, -0.2) is 8.42 Å². The van der Waals surface area contributed by atoms with Gasteiger partial charge in [-0.05, 0) is 36.4 Å². The van der Waals surface area contributed by atoms with Crippen molar-refractivity contribution in [2.24, 2.45) is 5.92 Å². The van der Waals surface area contributed by atoms with Gasteiger partial charge < -0.3 is 14.5 Å². The van der Waals surface area contributed by atoms with Gasteiger partial charge in [0.25, 0.3) is 0 Å². The van der Waals surface area contributed by atoms with Gasteiger partial charge in [0.2, 0.25) is 5.91 Å². The van der Waals surface area contributed by atoms with Gasteiger partial charge in [0.15, 0.2) is 0 Å². The van der Waals surface area contributed by atoms with Crippen molar-refractivity contribution in [1.29, 1.82) is 0 Å². The Bertz CT molecular complexity index is 945. The molecular weight excluding hydrogens is 408 g/mol. The third-order valence-electron chi connectivity index (χ3n) is 5.86. The van der Waals surface area contributed by atoms with Crippen LogP contribution < -0.4 is 9.64 Å². The Kier molecular flexibility index (Phi) is 5.83. The van der Waals surface area contributed by atoms with Crippen LogP contribution in [-0.4, -0.2) is 57.5 Å². The molecule has 8 heteroatoms.